The fraction of sp³-hybridized carbons (Fsp3) is 0.250. The molecule has 10 heteroatoms. The van der Waals surface area contributed by atoms with Crippen molar-refractivity contribution in [1.29, 1.82) is 0 Å². The second-order valence-corrected chi connectivity index (χ2v) is 10.3. The molecule has 3 aromatic rings. The lowest BCUT2D eigenvalue weighted by Gasteiger charge is -2.27. The van der Waals surface area contributed by atoms with Gasteiger partial charge in [0.15, 0.2) is 11.6 Å². The van der Waals surface area contributed by atoms with Crippen molar-refractivity contribution < 1.29 is 23.5 Å². The first kappa shape index (κ1) is 27.6. The molecule has 1 N–H and O–H groups in total. The van der Waals surface area contributed by atoms with E-state index >= 15 is 0 Å². The highest BCUT2D eigenvalue weighted by Crippen LogP contribution is 2.30. The van der Waals surface area contributed by atoms with Gasteiger partial charge in [-0.25, -0.2) is 4.39 Å². The summed E-state index contributed by atoms with van der Waals surface area (Å²) in [4.78, 5) is 41.2. The predicted molar refractivity (Wildman–Crippen MR) is 147 cm³/mol. The van der Waals surface area contributed by atoms with Crippen LogP contribution >= 0.6 is 27.5 Å². The molecule has 0 spiro atoms. The van der Waals surface area contributed by atoms with Crippen molar-refractivity contribution >= 4 is 50.9 Å². The summed E-state index contributed by atoms with van der Waals surface area (Å²) < 4.78 is 20.6. The molecule has 1 aliphatic heterocycles. The van der Waals surface area contributed by atoms with Gasteiger partial charge in [-0.15, -0.1) is 0 Å². The van der Waals surface area contributed by atoms with E-state index in [0.29, 0.717) is 40.1 Å². The van der Waals surface area contributed by atoms with Crippen LogP contribution in [0.2, 0.25) is 5.02 Å². The van der Waals surface area contributed by atoms with Crippen LogP contribution in [0.25, 0.3) is 0 Å². The number of nitrogens with one attached hydrogen (secondary N) is 1. The van der Waals surface area contributed by atoms with Gasteiger partial charge in [0.1, 0.15) is 5.75 Å². The van der Waals surface area contributed by atoms with Crippen molar-refractivity contribution in [3.63, 3.8) is 0 Å². The first-order chi connectivity index (χ1) is 18.2. The lowest BCUT2D eigenvalue weighted by atomic mass is 10.1. The number of anilines is 1. The molecule has 3 aromatic carbocycles. The molecule has 0 radical (unpaired) electrons. The SMILES string of the molecule is CN(Cc1ccccc1Oc1ccc(Br)cc1F)C(=O)C(=O)Nc1ccc(C(=O)N2CCCCC2)c(Cl)c1. The number of hydrogen-bond donors (Lipinski definition) is 1. The summed E-state index contributed by atoms with van der Waals surface area (Å²) in [6.07, 6.45) is 3.03. The van der Waals surface area contributed by atoms with Gasteiger partial charge < -0.3 is 19.9 Å². The molecule has 0 atom stereocenters. The summed E-state index contributed by atoms with van der Waals surface area (Å²) in [5.74, 6) is -1.95. The molecule has 4 rings (SSSR count). The van der Waals surface area contributed by atoms with Crippen molar-refractivity contribution in [2.45, 2.75) is 25.8 Å². The van der Waals surface area contributed by atoms with E-state index < -0.39 is 17.6 Å². The van der Waals surface area contributed by atoms with Crippen LogP contribution in [0.15, 0.2) is 65.1 Å². The Balaban J connectivity index is 1.40. The Morgan fingerprint density at radius 1 is 1.03 bits per heavy atom. The van der Waals surface area contributed by atoms with Gasteiger partial charge in [-0.3, -0.25) is 14.4 Å². The molecule has 3 amide bonds. The van der Waals surface area contributed by atoms with Crippen LogP contribution in [0.1, 0.15) is 35.2 Å². The maximum atomic E-state index is 14.3. The van der Waals surface area contributed by atoms with Crippen molar-refractivity contribution in [3.8, 4) is 11.5 Å². The van der Waals surface area contributed by atoms with Gasteiger partial charge in [0.2, 0.25) is 0 Å². The minimum atomic E-state index is -0.865. The molecule has 198 valence electrons. The molecule has 1 fully saturated rings. The number of ether oxygens (including phenoxy) is 1. The minimum Gasteiger partial charge on any atom is -0.454 e. The maximum Gasteiger partial charge on any atom is 0.313 e. The Hall–Kier alpha value is -3.43. The van der Waals surface area contributed by atoms with E-state index in [9.17, 15) is 18.8 Å². The van der Waals surface area contributed by atoms with Crippen LogP contribution in [0.5, 0.6) is 11.5 Å². The molecular weight excluding hydrogens is 577 g/mol. The van der Waals surface area contributed by atoms with Crippen LogP contribution in [0, 0.1) is 5.82 Å². The van der Waals surface area contributed by atoms with Gasteiger partial charge >= 0.3 is 11.8 Å². The third-order valence-electron chi connectivity index (χ3n) is 6.14. The van der Waals surface area contributed by atoms with Crippen LogP contribution in [-0.4, -0.2) is 47.7 Å². The molecule has 0 aliphatic carbocycles. The molecule has 7 nitrogen and oxygen atoms in total. The Morgan fingerprint density at radius 3 is 2.47 bits per heavy atom. The van der Waals surface area contributed by atoms with Gasteiger partial charge in [0, 0.05) is 42.4 Å². The van der Waals surface area contributed by atoms with E-state index in [0.717, 1.165) is 19.3 Å². The van der Waals surface area contributed by atoms with Crippen LogP contribution in [0.3, 0.4) is 0 Å². The summed E-state index contributed by atoms with van der Waals surface area (Å²) in [5, 5.41) is 2.74. The number of nitrogens with zero attached hydrogens (tertiary/aromatic N) is 2. The number of likely N-dealkylation sites (tertiary alicyclic amines) is 1. The van der Waals surface area contributed by atoms with Crippen molar-refractivity contribution in [1.82, 2.24) is 9.80 Å². The number of halogens is 3. The van der Waals surface area contributed by atoms with Crippen molar-refractivity contribution in [2.75, 3.05) is 25.5 Å². The fourth-order valence-electron chi connectivity index (χ4n) is 4.13. The molecule has 0 aromatic heterocycles. The van der Waals surface area contributed by atoms with Gasteiger partial charge in [0.25, 0.3) is 5.91 Å². The van der Waals surface area contributed by atoms with E-state index in [-0.39, 0.29) is 23.2 Å². The number of amides is 3. The van der Waals surface area contributed by atoms with Crippen LogP contribution in [-0.2, 0) is 16.1 Å². The largest absolute Gasteiger partial charge is 0.454 e. The van der Waals surface area contributed by atoms with Gasteiger partial charge in [-0.05, 0) is 61.7 Å². The average molecular weight is 603 g/mol. The molecule has 38 heavy (non-hydrogen) atoms. The molecule has 1 saturated heterocycles. The Kier molecular flexibility index (Phi) is 9.01. The number of carbonyl (C=O) groups is 3. The number of hydrogen-bond acceptors (Lipinski definition) is 4. The highest BCUT2D eigenvalue weighted by Gasteiger charge is 2.23. The first-order valence-electron chi connectivity index (χ1n) is 12.1. The molecule has 1 heterocycles. The average Bonchev–Trinajstić information content (AvgIpc) is 2.91. The highest BCUT2D eigenvalue weighted by molar-refractivity contribution is 9.10. The number of piperidine rings is 1. The summed E-state index contributed by atoms with van der Waals surface area (Å²) in [7, 11) is 1.48. The Morgan fingerprint density at radius 2 is 1.76 bits per heavy atom. The standard InChI is InChI=1S/C28H26BrClFN3O4/c1-33(17-18-7-3-4-8-24(18)38-25-12-9-19(29)15-23(25)31)28(37)26(35)32-20-10-11-21(22(30)16-20)27(36)34-13-5-2-6-14-34/h3-4,7-12,15-16H,2,5-6,13-14,17H2,1H3,(H,32,35). The fourth-order valence-corrected chi connectivity index (χ4v) is 4.72. The molecule has 0 unspecified atom stereocenters. The zero-order chi connectivity index (χ0) is 27.2. The van der Waals surface area contributed by atoms with Gasteiger partial charge in [-0.1, -0.05) is 45.7 Å². The second-order valence-electron chi connectivity index (χ2n) is 8.95. The summed E-state index contributed by atoms with van der Waals surface area (Å²) in [6.45, 7) is 1.44. The van der Waals surface area contributed by atoms with E-state index in [1.54, 1.807) is 47.4 Å². The van der Waals surface area contributed by atoms with Crippen LogP contribution < -0.4 is 10.1 Å². The van der Waals surface area contributed by atoms with Gasteiger partial charge in [-0.2, -0.15) is 0 Å². The summed E-state index contributed by atoms with van der Waals surface area (Å²) >= 11 is 9.55. The third-order valence-corrected chi connectivity index (χ3v) is 6.94. The highest BCUT2D eigenvalue weighted by atomic mass is 79.9. The van der Waals surface area contributed by atoms with E-state index in [4.69, 9.17) is 16.3 Å². The molecular formula is C28H26BrClFN3O4. The predicted octanol–water partition coefficient (Wildman–Crippen LogP) is 6.26. The number of benzene rings is 3. The minimum absolute atomic E-state index is 0.0338. The molecule has 0 bridgehead atoms. The van der Waals surface area contributed by atoms with Crippen molar-refractivity contribution in [2.24, 2.45) is 0 Å². The number of para-hydroxylation sites is 1. The zero-order valence-corrected chi connectivity index (χ0v) is 23.0. The van der Waals surface area contributed by atoms with Gasteiger partial charge in [0.05, 0.1) is 10.6 Å². The monoisotopic (exact) mass is 601 g/mol. The molecule has 1 aliphatic rings. The second kappa shape index (κ2) is 12.4. The number of carbonyl (C=O) groups excluding carboxylic acids is 3. The smallest absolute Gasteiger partial charge is 0.313 e. The first-order valence-corrected chi connectivity index (χ1v) is 13.3. The van der Waals surface area contributed by atoms with E-state index in [2.05, 4.69) is 21.2 Å². The Bertz CT molecular complexity index is 1360. The lowest BCUT2D eigenvalue weighted by molar-refractivity contribution is -0.142. The number of rotatable bonds is 6. The maximum absolute atomic E-state index is 14.3. The Labute approximate surface area is 233 Å². The summed E-state index contributed by atoms with van der Waals surface area (Å²) in [6, 6.07) is 15.9. The number of likely N-dealkylation sites (N-methyl/N-ethyl adjacent to an activating group) is 1. The summed E-state index contributed by atoms with van der Waals surface area (Å²) in [5.41, 5.74) is 1.24. The normalized spacial score (nSPS) is 13.1. The van der Waals surface area contributed by atoms with E-state index in [1.807, 2.05) is 0 Å². The third kappa shape index (κ3) is 6.71. The molecule has 0 saturated carbocycles. The quantitative estimate of drug-likeness (QED) is 0.338. The van der Waals surface area contributed by atoms with Crippen LogP contribution in [0.4, 0.5) is 10.1 Å². The zero-order valence-electron chi connectivity index (χ0n) is 20.7. The lowest BCUT2D eigenvalue weighted by Crippen LogP contribution is -2.37. The van der Waals surface area contributed by atoms with Crippen molar-refractivity contribution in [3.05, 3.63) is 87.1 Å². The topological polar surface area (TPSA) is 79.0 Å². The van der Waals surface area contributed by atoms with E-state index in [1.165, 1.54) is 30.1 Å².